The van der Waals surface area contributed by atoms with Gasteiger partial charge in [0.1, 0.15) is 5.69 Å². The summed E-state index contributed by atoms with van der Waals surface area (Å²) in [6, 6.07) is 2.57. The van der Waals surface area contributed by atoms with Crippen molar-refractivity contribution < 1.29 is 22.7 Å². The summed E-state index contributed by atoms with van der Waals surface area (Å²) in [5.74, 6) is -0.753. The Bertz CT molecular complexity index is 568. The lowest BCUT2D eigenvalue weighted by molar-refractivity contribution is -0.274. The third kappa shape index (κ3) is 4.04. The van der Waals surface area contributed by atoms with Crippen LogP contribution in [0.3, 0.4) is 0 Å². The molecule has 0 radical (unpaired) electrons. The number of nitrogens with zero attached hydrogens (tertiary/aromatic N) is 1. The summed E-state index contributed by atoms with van der Waals surface area (Å²) in [5.41, 5.74) is -0.0503. The fraction of sp³-hybridized carbons (Fsp3) is 0.417. The first-order chi connectivity index (χ1) is 9.71. The van der Waals surface area contributed by atoms with Gasteiger partial charge in [0.25, 0.3) is 0 Å². The van der Waals surface area contributed by atoms with Crippen LogP contribution in [0, 0.1) is 5.92 Å². The summed E-state index contributed by atoms with van der Waals surface area (Å²) in [7, 11) is 0. The van der Waals surface area contributed by atoms with Crippen molar-refractivity contribution in [2.45, 2.75) is 12.8 Å². The summed E-state index contributed by atoms with van der Waals surface area (Å²) in [6.45, 7) is 0.291. The summed E-state index contributed by atoms with van der Waals surface area (Å²) < 4.78 is 41.9. The number of anilines is 1. The van der Waals surface area contributed by atoms with Crippen molar-refractivity contribution in [3.63, 3.8) is 0 Å². The van der Waals surface area contributed by atoms with Crippen LogP contribution in [0.2, 0.25) is 5.02 Å². The molecule has 0 N–H and O–H groups in total. The molecule has 2 rings (SSSR count). The molecule has 0 aromatic heterocycles. The topological polar surface area (TPSA) is 29.5 Å². The van der Waals surface area contributed by atoms with E-state index in [0.29, 0.717) is 16.3 Å². The van der Waals surface area contributed by atoms with Crippen LogP contribution in [-0.2, 0) is 4.79 Å². The Morgan fingerprint density at radius 3 is 2.62 bits per heavy atom. The van der Waals surface area contributed by atoms with Crippen LogP contribution in [0.15, 0.2) is 16.6 Å². The maximum absolute atomic E-state index is 12.5. The average Bonchev–Trinajstić information content (AvgIpc) is 2.67. The Hall–Kier alpha value is -0.470. The maximum atomic E-state index is 12.5. The van der Waals surface area contributed by atoms with Gasteiger partial charge in [-0.15, -0.1) is 13.2 Å². The predicted molar refractivity (Wildman–Crippen MR) is 80.1 cm³/mol. The number of alkyl halides is 4. The lowest BCUT2D eigenvalue weighted by Crippen LogP contribution is -2.27. The van der Waals surface area contributed by atoms with Crippen LogP contribution in [0.1, 0.15) is 6.42 Å². The van der Waals surface area contributed by atoms with Crippen LogP contribution in [-0.4, -0.2) is 24.1 Å². The van der Waals surface area contributed by atoms with E-state index in [-0.39, 0.29) is 29.0 Å². The highest BCUT2D eigenvalue weighted by atomic mass is 79.9. The van der Waals surface area contributed by atoms with Crippen molar-refractivity contribution >= 4 is 55.1 Å². The largest absolute Gasteiger partial charge is 0.573 e. The fourth-order valence-electron chi connectivity index (χ4n) is 2.11. The van der Waals surface area contributed by atoms with Crippen LogP contribution >= 0.6 is 43.5 Å². The van der Waals surface area contributed by atoms with Crippen molar-refractivity contribution in [3.05, 3.63) is 21.6 Å². The molecule has 1 saturated heterocycles. The van der Waals surface area contributed by atoms with Gasteiger partial charge < -0.3 is 9.64 Å². The number of carbonyl (C=O) groups is 1. The molecule has 1 aliphatic heterocycles. The summed E-state index contributed by atoms with van der Waals surface area (Å²) in [4.78, 5) is 13.2. The molecule has 1 heterocycles. The number of hydrogen-bond donors (Lipinski definition) is 0. The highest BCUT2D eigenvalue weighted by Crippen LogP contribution is 2.43. The zero-order chi connectivity index (χ0) is 15.8. The van der Waals surface area contributed by atoms with E-state index in [4.69, 9.17) is 11.6 Å². The molecule has 0 saturated carbocycles. The minimum absolute atomic E-state index is 0.0206. The second-order valence-corrected chi connectivity index (χ2v) is 6.48. The molecule has 0 aliphatic carbocycles. The Morgan fingerprint density at radius 1 is 1.43 bits per heavy atom. The van der Waals surface area contributed by atoms with Gasteiger partial charge in [0, 0.05) is 22.8 Å². The molecule has 1 unspecified atom stereocenters. The Morgan fingerprint density at radius 2 is 2.10 bits per heavy atom. The van der Waals surface area contributed by atoms with Crippen LogP contribution in [0.25, 0.3) is 0 Å². The summed E-state index contributed by atoms with van der Waals surface area (Å²) in [6.07, 6.45) is -4.61. The Balaban J connectivity index is 2.44. The first-order valence-electron chi connectivity index (χ1n) is 5.82. The number of benzene rings is 1. The SMILES string of the molecule is O=C1CC(CBr)CN1c1c(Cl)cc(Br)cc1OC(F)(F)F. The third-order valence-corrected chi connectivity index (χ3v) is 4.57. The number of rotatable bonds is 3. The smallest absolute Gasteiger partial charge is 0.403 e. The molecule has 1 aliphatic rings. The van der Waals surface area contributed by atoms with Crippen LogP contribution in [0.4, 0.5) is 18.9 Å². The number of ether oxygens (including phenoxy) is 1. The number of hydrogen-bond acceptors (Lipinski definition) is 2. The molecule has 21 heavy (non-hydrogen) atoms. The second-order valence-electron chi connectivity index (χ2n) is 4.51. The molecule has 3 nitrogen and oxygen atoms in total. The van der Waals surface area contributed by atoms with Gasteiger partial charge in [0.2, 0.25) is 5.91 Å². The van der Waals surface area contributed by atoms with E-state index < -0.39 is 12.1 Å². The lowest BCUT2D eigenvalue weighted by Gasteiger charge is -2.22. The Kier molecular flexibility index (Phi) is 5.10. The highest BCUT2D eigenvalue weighted by molar-refractivity contribution is 9.10. The van der Waals surface area contributed by atoms with Gasteiger partial charge in [0.05, 0.1) is 5.02 Å². The summed E-state index contributed by atoms with van der Waals surface area (Å²) in [5, 5.41) is 0.603. The van der Waals surface area contributed by atoms with E-state index in [0.717, 1.165) is 6.07 Å². The molecular formula is C12H9Br2ClF3NO2. The third-order valence-electron chi connectivity index (χ3n) is 2.91. The van der Waals surface area contributed by atoms with E-state index in [9.17, 15) is 18.0 Å². The molecule has 1 fully saturated rings. The number of amides is 1. The molecule has 0 spiro atoms. The van der Waals surface area contributed by atoms with E-state index in [2.05, 4.69) is 36.6 Å². The maximum Gasteiger partial charge on any atom is 0.573 e. The normalized spacial score (nSPS) is 19.2. The zero-order valence-electron chi connectivity index (χ0n) is 10.4. The zero-order valence-corrected chi connectivity index (χ0v) is 14.3. The van der Waals surface area contributed by atoms with E-state index in [1.165, 1.54) is 11.0 Å². The molecule has 0 bridgehead atoms. The molecule has 116 valence electrons. The van der Waals surface area contributed by atoms with Gasteiger partial charge in [-0.1, -0.05) is 43.5 Å². The standard InChI is InChI=1S/C12H9Br2ClF3NO2/c13-4-6-1-10(20)19(5-6)11-8(15)2-7(14)3-9(11)21-12(16,17)18/h2-3,6H,1,4-5H2. The van der Waals surface area contributed by atoms with E-state index >= 15 is 0 Å². The number of carbonyl (C=O) groups excluding carboxylic acids is 1. The van der Waals surface area contributed by atoms with Crippen molar-refractivity contribution in [1.29, 1.82) is 0 Å². The van der Waals surface area contributed by atoms with Crippen LogP contribution < -0.4 is 9.64 Å². The molecule has 1 atom stereocenters. The lowest BCUT2D eigenvalue weighted by atomic mass is 10.2. The van der Waals surface area contributed by atoms with Crippen molar-refractivity contribution in [2.24, 2.45) is 5.92 Å². The van der Waals surface area contributed by atoms with Gasteiger partial charge >= 0.3 is 6.36 Å². The summed E-state index contributed by atoms with van der Waals surface area (Å²) >= 11 is 12.3. The van der Waals surface area contributed by atoms with Gasteiger partial charge in [-0.25, -0.2) is 0 Å². The van der Waals surface area contributed by atoms with E-state index in [1.54, 1.807) is 0 Å². The second kappa shape index (κ2) is 6.34. The molecule has 1 amide bonds. The van der Waals surface area contributed by atoms with Crippen molar-refractivity contribution in [2.75, 3.05) is 16.8 Å². The van der Waals surface area contributed by atoms with Crippen LogP contribution in [0.5, 0.6) is 5.75 Å². The average molecular weight is 451 g/mol. The minimum Gasteiger partial charge on any atom is -0.403 e. The van der Waals surface area contributed by atoms with Gasteiger partial charge in [-0.2, -0.15) is 0 Å². The molecule has 1 aromatic rings. The van der Waals surface area contributed by atoms with Gasteiger partial charge in [-0.3, -0.25) is 4.79 Å². The predicted octanol–water partition coefficient (Wildman–Crippen LogP) is 4.75. The van der Waals surface area contributed by atoms with Gasteiger partial charge in [-0.05, 0) is 18.1 Å². The quantitative estimate of drug-likeness (QED) is 0.621. The highest BCUT2D eigenvalue weighted by Gasteiger charge is 2.37. The number of halogens is 6. The van der Waals surface area contributed by atoms with Gasteiger partial charge in [0.15, 0.2) is 5.75 Å². The monoisotopic (exact) mass is 449 g/mol. The van der Waals surface area contributed by atoms with Crippen molar-refractivity contribution in [1.82, 2.24) is 0 Å². The molecular weight excluding hydrogens is 442 g/mol. The van der Waals surface area contributed by atoms with Crippen molar-refractivity contribution in [3.8, 4) is 5.75 Å². The van der Waals surface area contributed by atoms with E-state index in [1.807, 2.05) is 0 Å². The fourth-order valence-corrected chi connectivity index (χ4v) is 3.42. The molecule has 9 heteroatoms. The first kappa shape index (κ1) is 16.9. The first-order valence-corrected chi connectivity index (χ1v) is 8.11. The Labute approximate surface area is 140 Å². The minimum atomic E-state index is -4.86. The molecule has 1 aromatic carbocycles.